The number of carbonyl (C=O) groups is 1. The molecule has 1 aromatic rings. The molecule has 1 saturated heterocycles. The van der Waals surface area contributed by atoms with Crippen LogP contribution < -0.4 is 4.90 Å². The second kappa shape index (κ2) is 5.77. The summed E-state index contributed by atoms with van der Waals surface area (Å²) in [4.78, 5) is 16.9. The third kappa shape index (κ3) is 2.61. The highest BCUT2D eigenvalue weighted by atomic mass is 16.2. The Bertz CT molecular complexity index is 535. The van der Waals surface area contributed by atoms with Gasteiger partial charge in [0, 0.05) is 31.9 Å². The van der Waals surface area contributed by atoms with Crippen molar-refractivity contribution < 1.29 is 4.79 Å². The van der Waals surface area contributed by atoms with Gasteiger partial charge in [0.25, 0.3) is 0 Å². The Hall–Kier alpha value is -2.02. The van der Waals surface area contributed by atoms with E-state index in [1.54, 1.807) is 0 Å². The maximum absolute atomic E-state index is 12.7. The number of anilines is 1. The second-order valence-corrected chi connectivity index (χ2v) is 6.02. The van der Waals surface area contributed by atoms with Crippen LogP contribution in [0.3, 0.4) is 0 Å². The van der Waals surface area contributed by atoms with Gasteiger partial charge in [-0.1, -0.05) is 31.0 Å². The van der Waals surface area contributed by atoms with Crippen LogP contribution in [0, 0.1) is 16.7 Å². The van der Waals surface area contributed by atoms with Gasteiger partial charge in [0.05, 0.1) is 6.07 Å². The first-order chi connectivity index (χ1) is 10.2. The Morgan fingerprint density at radius 3 is 2.24 bits per heavy atom. The molecule has 110 valence electrons. The molecule has 4 nitrogen and oxygen atoms in total. The fraction of sp³-hybridized carbons (Fsp3) is 0.529. The maximum Gasteiger partial charge on any atom is 0.243 e. The molecule has 2 fully saturated rings. The normalized spacial score (nSPS) is 21.1. The molecule has 0 radical (unpaired) electrons. The Morgan fingerprint density at radius 1 is 1.05 bits per heavy atom. The number of benzene rings is 1. The minimum Gasteiger partial charge on any atom is -0.368 e. The number of para-hydroxylation sites is 1. The van der Waals surface area contributed by atoms with Gasteiger partial charge in [-0.25, -0.2) is 0 Å². The molecule has 0 unspecified atom stereocenters. The molecule has 0 bridgehead atoms. The zero-order chi connectivity index (χ0) is 14.7. The highest BCUT2D eigenvalue weighted by molar-refractivity contribution is 5.86. The van der Waals surface area contributed by atoms with E-state index in [1.807, 2.05) is 23.1 Å². The number of hydrogen-bond donors (Lipinski definition) is 0. The molecular weight excluding hydrogens is 262 g/mol. The van der Waals surface area contributed by atoms with Gasteiger partial charge < -0.3 is 9.80 Å². The van der Waals surface area contributed by atoms with Crippen LogP contribution in [0.25, 0.3) is 0 Å². The number of rotatable bonds is 2. The first-order valence-electron chi connectivity index (χ1n) is 7.76. The van der Waals surface area contributed by atoms with Crippen LogP contribution in [0.4, 0.5) is 5.69 Å². The molecular formula is C17H21N3O. The van der Waals surface area contributed by atoms with Gasteiger partial charge in [-0.2, -0.15) is 5.26 Å². The van der Waals surface area contributed by atoms with E-state index < -0.39 is 5.41 Å². The standard InChI is InChI=1S/C17H21N3O/c18-14-17(8-4-5-9-17)16(21)20-12-10-19(11-13-20)15-6-2-1-3-7-15/h1-3,6-7H,4-5,8-13H2. The van der Waals surface area contributed by atoms with Crippen LogP contribution >= 0.6 is 0 Å². The monoisotopic (exact) mass is 283 g/mol. The summed E-state index contributed by atoms with van der Waals surface area (Å²) in [7, 11) is 0. The van der Waals surface area contributed by atoms with Crippen molar-refractivity contribution in [1.82, 2.24) is 4.90 Å². The predicted molar refractivity (Wildman–Crippen MR) is 81.7 cm³/mol. The molecule has 1 amide bonds. The predicted octanol–water partition coefficient (Wildman–Crippen LogP) is 2.42. The molecule has 0 spiro atoms. The van der Waals surface area contributed by atoms with Crippen molar-refractivity contribution in [2.75, 3.05) is 31.1 Å². The first kappa shape index (κ1) is 13.9. The molecule has 1 heterocycles. The lowest BCUT2D eigenvalue weighted by Crippen LogP contribution is -2.52. The van der Waals surface area contributed by atoms with Gasteiger partial charge in [0.1, 0.15) is 5.41 Å². The summed E-state index contributed by atoms with van der Waals surface area (Å²) in [5, 5.41) is 9.44. The lowest BCUT2D eigenvalue weighted by molar-refractivity contribution is -0.139. The fourth-order valence-electron chi connectivity index (χ4n) is 3.46. The van der Waals surface area contributed by atoms with E-state index in [9.17, 15) is 10.1 Å². The first-order valence-corrected chi connectivity index (χ1v) is 7.76. The van der Waals surface area contributed by atoms with Crippen molar-refractivity contribution in [3.63, 3.8) is 0 Å². The topological polar surface area (TPSA) is 47.3 Å². The van der Waals surface area contributed by atoms with Crippen molar-refractivity contribution in [3.05, 3.63) is 30.3 Å². The lowest BCUT2D eigenvalue weighted by atomic mass is 9.86. The number of hydrogen-bond acceptors (Lipinski definition) is 3. The van der Waals surface area contributed by atoms with E-state index in [1.165, 1.54) is 5.69 Å². The molecule has 1 aliphatic carbocycles. The molecule has 0 aromatic heterocycles. The Kier molecular flexibility index (Phi) is 3.83. The van der Waals surface area contributed by atoms with E-state index >= 15 is 0 Å². The molecule has 1 aliphatic heterocycles. The second-order valence-electron chi connectivity index (χ2n) is 6.02. The number of nitrogens with zero attached hydrogens (tertiary/aromatic N) is 3. The van der Waals surface area contributed by atoms with Crippen molar-refractivity contribution in [2.45, 2.75) is 25.7 Å². The minimum absolute atomic E-state index is 0.0650. The van der Waals surface area contributed by atoms with Crippen LogP contribution in [0.2, 0.25) is 0 Å². The number of piperazine rings is 1. The minimum atomic E-state index is -0.727. The Morgan fingerprint density at radius 2 is 1.67 bits per heavy atom. The highest BCUT2D eigenvalue weighted by Gasteiger charge is 2.44. The third-order valence-corrected chi connectivity index (χ3v) is 4.77. The molecule has 4 heteroatoms. The van der Waals surface area contributed by atoms with Crippen LogP contribution in [0.5, 0.6) is 0 Å². The summed E-state index contributed by atoms with van der Waals surface area (Å²) in [6, 6.07) is 12.6. The van der Waals surface area contributed by atoms with Crippen molar-refractivity contribution in [1.29, 1.82) is 5.26 Å². The molecule has 21 heavy (non-hydrogen) atoms. The largest absolute Gasteiger partial charge is 0.368 e. The number of amides is 1. The van der Waals surface area contributed by atoms with Crippen LogP contribution in [0.15, 0.2) is 30.3 Å². The van der Waals surface area contributed by atoms with Crippen LogP contribution in [-0.4, -0.2) is 37.0 Å². The van der Waals surface area contributed by atoms with Crippen LogP contribution in [-0.2, 0) is 4.79 Å². The number of nitriles is 1. The van der Waals surface area contributed by atoms with E-state index in [4.69, 9.17) is 0 Å². The molecule has 0 atom stereocenters. The molecule has 3 rings (SSSR count). The zero-order valence-corrected chi connectivity index (χ0v) is 12.3. The average Bonchev–Trinajstić information content (AvgIpc) is 3.05. The number of carbonyl (C=O) groups excluding carboxylic acids is 1. The molecule has 2 aliphatic rings. The SMILES string of the molecule is N#CC1(C(=O)N2CCN(c3ccccc3)CC2)CCCC1. The maximum atomic E-state index is 12.7. The summed E-state index contributed by atoms with van der Waals surface area (Å²) in [5.74, 6) is 0.0650. The summed E-state index contributed by atoms with van der Waals surface area (Å²) < 4.78 is 0. The van der Waals surface area contributed by atoms with Crippen molar-refractivity contribution in [2.24, 2.45) is 5.41 Å². The average molecular weight is 283 g/mol. The van der Waals surface area contributed by atoms with Crippen LogP contribution in [0.1, 0.15) is 25.7 Å². The van der Waals surface area contributed by atoms with E-state index in [0.29, 0.717) is 0 Å². The van der Waals surface area contributed by atoms with Gasteiger partial charge in [-0.15, -0.1) is 0 Å². The van der Waals surface area contributed by atoms with Crippen molar-refractivity contribution in [3.8, 4) is 6.07 Å². The van der Waals surface area contributed by atoms with Gasteiger partial charge in [-0.05, 0) is 25.0 Å². The highest BCUT2D eigenvalue weighted by Crippen LogP contribution is 2.39. The van der Waals surface area contributed by atoms with E-state index in [-0.39, 0.29) is 5.91 Å². The third-order valence-electron chi connectivity index (χ3n) is 4.77. The Balaban J connectivity index is 1.63. The summed E-state index contributed by atoms with van der Waals surface area (Å²) >= 11 is 0. The van der Waals surface area contributed by atoms with Gasteiger partial charge in [-0.3, -0.25) is 4.79 Å². The quantitative estimate of drug-likeness (QED) is 0.837. The molecule has 0 N–H and O–H groups in total. The lowest BCUT2D eigenvalue weighted by Gasteiger charge is -2.38. The van der Waals surface area contributed by atoms with Gasteiger partial charge in [0.15, 0.2) is 0 Å². The fourth-order valence-corrected chi connectivity index (χ4v) is 3.46. The molecule has 1 saturated carbocycles. The van der Waals surface area contributed by atoms with E-state index in [2.05, 4.69) is 23.1 Å². The smallest absolute Gasteiger partial charge is 0.243 e. The zero-order valence-electron chi connectivity index (χ0n) is 12.3. The summed E-state index contributed by atoms with van der Waals surface area (Å²) in [6.45, 7) is 3.13. The summed E-state index contributed by atoms with van der Waals surface area (Å²) in [5.41, 5.74) is 0.481. The van der Waals surface area contributed by atoms with E-state index in [0.717, 1.165) is 51.9 Å². The summed E-state index contributed by atoms with van der Waals surface area (Å²) in [6.07, 6.45) is 3.48. The Labute approximate surface area is 126 Å². The van der Waals surface area contributed by atoms with Crippen molar-refractivity contribution >= 4 is 11.6 Å². The van der Waals surface area contributed by atoms with Gasteiger partial charge >= 0.3 is 0 Å². The van der Waals surface area contributed by atoms with Gasteiger partial charge in [0.2, 0.25) is 5.91 Å². The molecule has 1 aromatic carbocycles.